The summed E-state index contributed by atoms with van der Waals surface area (Å²) in [5.41, 5.74) is 6.69. The third kappa shape index (κ3) is 2.22. The van der Waals surface area contributed by atoms with Gasteiger partial charge in [-0.3, -0.25) is 0 Å². The first-order valence-electron chi connectivity index (χ1n) is 4.64. The molecule has 1 aromatic heterocycles. The molecule has 0 aliphatic heterocycles. The minimum absolute atomic E-state index is 0.0517. The Morgan fingerprint density at radius 3 is 2.53 bits per heavy atom. The average Bonchev–Trinajstić information content (AvgIpc) is 2.68. The zero-order valence-electron chi connectivity index (χ0n) is 8.27. The van der Waals surface area contributed by atoms with Crippen molar-refractivity contribution in [3.63, 3.8) is 0 Å². The molecule has 4 heteroatoms. The molecule has 1 heterocycles. The van der Waals surface area contributed by atoms with Gasteiger partial charge in [-0.25, -0.2) is 9.37 Å². The molecule has 0 radical (unpaired) electrons. The van der Waals surface area contributed by atoms with E-state index in [2.05, 4.69) is 4.98 Å². The Labute approximate surface area is 91.6 Å². The van der Waals surface area contributed by atoms with Gasteiger partial charge in [0.05, 0.1) is 10.9 Å². The summed E-state index contributed by atoms with van der Waals surface area (Å²) in [7, 11) is 0. The topological polar surface area (TPSA) is 38.9 Å². The molecule has 1 atom stereocenters. The Hall–Kier alpha value is -1.26. The Balaban J connectivity index is 2.33. The minimum atomic E-state index is -0.226. The third-order valence-electron chi connectivity index (χ3n) is 2.04. The molecule has 0 aliphatic carbocycles. The van der Waals surface area contributed by atoms with E-state index in [0.717, 1.165) is 15.4 Å². The largest absolute Gasteiger partial charge is 0.322 e. The maximum Gasteiger partial charge on any atom is 0.123 e. The molecule has 2 N–H and O–H groups in total. The van der Waals surface area contributed by atoms with Crippen LogP contribution in [-0.4, -0.2) is 4.98 Å². The first-order valence-corrected chi connectivity index (χ1v) is 5.45. The van der Waals surface area contributed by atoms with Crippen molar-refractivity contribution in [1.82, 2.24) is 4.98 Å². The smallest absolute Gasteiger partial charge is 0.123 e. The summed E-state index contributed by atoms with van der Waals surface area (Å²) in [5, 5.41) is 0.898. The van der Waals surface area contributed by atoms with Crippen molar-refractivity contribution in [3.05, 3.63) is 41.3 Å². The van der Waals surface area contributed by atoms with Crippen LogP contribution in [0.25, 0.3) is 10.4 Å². The zero-order chi connectivity index (χ0) is 10.8. The molecular formula is C11H11FN2S. The molecule has 2 rings (SSSR count). The fourth-order valence-corrected chi connectivity index (χ4v) is 2.12. The quantitative estimate of drug-likeness (QED) is 0.848. The SMILES string of the molecule is CC(N)c1ncc(-c2ccc(F)cc2)s1. The maximum atomic E-state index is 12.7. The van der Waals surface area contributed by atoms with Crippen LogP contribution < -0.4 is 5.73 Å². The summed E-state index contributed by atoms with van der Waals surface area (Å²) in [6, 6.07) is 6.33. The second-order valence-electron chi connectivity index (χ2n) is 3.36. The highest BCUT2D eigenvalue weighted by molar-refractivity contribution is 7.15. The van der Waals surface area contributed by atoms with Gasteiger partial charge >= 0.3 is 0 Å². The zero-order valence-corrected chi connectivity index (χ0v) is 9.09. The van der Waals surface area contributed by atoms with E-state index in [-0.39, 0.29) is 11.9 Å². The van der Waals surface area contributed by atoms with Crippen LogP contribution in [0, 0.1) is 5.82 Å². The lowest BCUT2D eigenvalue weighted by atomic mass is 10.2. The number of hydrogen-bond donors (Lipinski definition) is 1. The van der Waals surface area contributed by atoms with Crippen molar-refractivity contribution in [2.24, 2.45) is 5.73 Å². The molecule has 1 unspecified atom stereocenters. The number of benzene rings is 1. The Morgan fingerprint density at radius 2 is 2.00 bits per heavy atom. The van der Waals surface area contributed by atoms with Crippen LogP contribution in [0.15, 0.2) is 30.5 Å². The van der Waals surface area contributed by atoms with E-state index in [1.54, 1.807) is 29.7 Å². The molecule has 2 nitrogen and oxygen atoms in total. The van der Waals surface area contributed by atoms with E-state index < -0.39 is 0 Å². The van der Waals surface area contributed by atoms with Crippen molar-refractivity contribution in [2.45, 2.75) is 13.0 Å². The molecule has 0 fully saturated rings. The lowest BCUT2D eigenvalue weighted by molar-refractivity contribution is 0.628. The van der Waals surface area contributed by atoms with Gasteiger partial charge in [0.2, 0.25) is 0 Å². The summed E-state index contributed by atoms with van der Waals surface area (Å²) >= 11 is 1.54. The molecule has 78 valence electrons. The van der Waals surface area contributed by atoms with Crippen LogP contribution in [-0.2, 0) is 0 Å². The van der Waals surface area contributed by atoms with E-state index in [1.165, 1.54) is 12.1 Å². The van der Waals surface area contributed by atoms with Crippen LogP contribution in [0.4, 0.5) is 4.39 Å². The van der Waals surface area contributed by atoms with Crippen LogP contribution in [0.5, 0.6) is 0 Å². The van der Waals surface area contributed by atoms with E-state index >= 15 is 0 Å². The molecule has 2 aromatic rings. The molecule has 1 aromatic carbocycles. The molecule has 0 amide bonds. The van der Waals surface area contributed by atoms with Gasteiger partial charge < -0.3 is 5.73 Å². The number of halogens is 1. The first kappa shape index (κ1) is 10.3. The van der Waals surface area contributed by atoms with Crippen molar-refractivity contribution < 1.29 is 4.39 Å². The van der Waals surface area contributed by atoms with Crippen LogP contribution in [0.1, 0.15) is 18.0 Å². The van der Waals surface area contributed by atoms with E-state index in [4.69, 9.17) is 5.73 Å². The van der Waals surface area contributed by atoms with Gasteiger partial charge in [-0.1, -0.05) is 12.1 Å². The molecule has 0 saturated heterocycles. The summed E-state index contributed by atoms with van der Waals surface area (Å²) in [5.74, 6) is -0.226. The van der Waals surface area contributed by atoms with Crippen molar-refractivity contribution >= 4 is 11.3 Å². The maximum absolute atomic E-state index is 12.7. The van der Waals surface area contributed by atoms with Crippen molar-refractivity contribution in [3.8, 4) is 10.4 Å². The highest BCUT2D eigenvalue weighted by atomic mass is 32.1. The van der Waals surface area contributed by atoms with Gasteiger partial charge in [0.25, 0.3) is 0 Å². The Morgan fingerprint density at radius 1 is 1.33 bits per heavy atom. The van der Waals surface area contributed by atoms with Crippen molar-refractivity contribution in [1.29, 1.82) is 0 Å². The fraction of sp³-hybridized carbons (Fsp3) is 0.182. The number of nitrogens with two attached hydrogens (primary N) is 1. The third-order valence-corrected chi connectivity index (χ3v) is 3.29. The summed E-state index contributed by atoms with van der Waals surface area (Å²) < 4.78 is 12.7. The van der Waals surface area contributed by atoms with Gasteiger partial charge in [-0.05, 0) is 24.6 Å². The lowest BCUT2D eigenvalue weighted by Crippen LogP contribution is -2.03. The normalized spacial score (nSPS) is 12.7. The van der Waals surface area contributed by atoms with Gasteiger partial charge in [-0.2, -0.15) is 0 Å². The summed E-state index contributed by atoms with van der Waals surface area (Å²) in [6.45, 7) is 1.90. The van der Waals surface area contributed by atoms with E-state index in [9.17, 15) is 4.39 Å². The second kappa shape index (κ2) is 4.08. The Kier molecular flexibility index (Phi) is 2.79. The van der Waals surface area contributed by atoms with Crippen molar-refractivity contribution in [2.75, 3.05) is 0 Å². The number of rotatable bonds is 2. The summed E-state index contributed by atoms with van der Waals surface area (Å²) in [6.07, 6.45) is 1.77. The number of nitrogens with zero attached hydrogens (tertiary/aromatic N) is 1. The molecule has 0 bridgehead atoms. The lowest BCUT2D eigenvalue weighted by Gasteiger charge is -1.97. The molecule has 0 aliphatic rings. The molecule has 15 heavy (non-hydrogen) atoms. The molecular weight excluding hydrogens is 211 g/mol. The number of hydrogen-bond acceptors (Lipinski definition) is 3. The van der Waals surface area contributed by atoms with E-state index in [0.29, 0.717) is 0 Å². The predicted molar refractivity (Wildman–Crippen MR) is 60.1 cm³/mol. The summed E-state index contributed by atoms with van der Waals surface area (Å²) in [4.78, 5) is 5.23. The Bertz CT molecular complexity index is 448. The average molecular weight is 222 g/mol. The standard InChI is InChI=1S/C11H11FN2S/c1-7(13)11-14-6-10(15-11)8-2-4-9(12)5-3-8/h2-7H,13H2,1H3. The van der Waals surface area contributed by atoms with Crippen LogP contribution in [0.2, 0.25) is 0 Å². The van der Waals surface area contributed by atoms with Gasteiger partial charge in [-0.15, -0.1) is 11.3 Å². The van der Waals surface area contributed by atoms with E-state index in [1.807, 2.05) is 6.92 Å². The highest BCUT2D eigenvalue weighted by Gasteiger charge is 2.07. The first-order chi connectivity index (χ1) is 7.16. The van der Waals surface area contributed by atoms with Crippen LogP contribution >= 0.6 is 11.3 Å². The second-order valence-corrected chi connectivity index (χ2v) is 4.42. The predicted octanol–water partition coefficient (Wildman–Crippen LogP) is 2.97. The number of thiazole rings is 1. The minimum Gasteiger partial charge on any atom is -0.322 e. The number of aromatic nitrogens is 1. The molecule has 0 spiro atoms. The highest BCUT2D eigenvalue weighted by Crippen LogP contribution is 2.28. The fourth-order valence-electron chi connectivity index (χ4n) is 1.25. The van der Waals surface area contributed by atoms with Gasteiger partial charge in [0, 0.05) is 6.20 Å². The molecule has 0 saturated carbocycles. The van der Waals surface area contributed by atoms with Gasteiger partial charge in [0.1, 0.15) is 10.8 Å². The monoisotopic (exact) mass is 222 g/mol. The van der Waals surface area contributed by atoms with Crippen LogP contribution in [0.3, 0.4) is 0 Å². The van der Waals surface area contributed by atoms with Gasteiger partial charge in [0.15, 0.2) is 0 Å².